The predicted octanol–water partition coefficient (Wildman–Crippen LogP) is 1.56. The Kier molecular flexibility index (Phi) is 4.49. The average Bonchev–Trinajstić information content (AvgIpc) is 2.88. The minimum absolute atomic E-state index is 0.762. The Labute approximate surface area is 116 Å². The lowest BCUT2D eigenvalue weighted by atomic mass is 10.1. The van der Waals surface area contributed by atoms with Crippen LogP contribution in [0.2, 0.25) is 0 Å². The first-order valence-electron chi connectivity index (χ1n) is 7.63. The van der Waals surface area contributed by atoms with Crippen LogP contribution in [0.4, 0.5) is 0 Å². The zero-order chi connectivity index (χ0) is 12.9. The van der Waals surface area contributed by atoms with Crippen molar-refractivity contribution in [2.45, 2.75) is 25.4 Å². The van der Waals surface area contributed by atoms with E-state index in [9.17, 15) is 0 Å². The molecular formula is C16H25N3. The van der Waals surface area contributed by atoms with E-state index in [-0.39, 0.29) is 0 Å². The number of benzene rings is 1. The Bertz CT molecular complexity index is 373. The van der Waals surface area contributed by atoms with Gasteiger partial charge in [0.1, 0.15) is 0 Å². The molecule has 0 amide bonds. The van der Waals surface area contributed by atoms with Gasteiger partial charge < -0.3 is 5.32 Å². The summed E-state index contributed by atoms with van der Waals surface area (Å²) < 4.78 is 0. The number of rotatable bonds is 4. The highest BCUT2D eigenvalue weighted by Gasteiger charge is 2.26. The fourth-order valence-corrected chi connectivity index (χ4v) is 3.32. The third-order valence-electron chi connectivity index (χ3n) is 4.41. The lowest BCUT2D eigenvalue weighted by Crippen LogP contribution is -2.48. The molecule has 2 fully saturated rings. The molecule has 0 unspecified atom stereocenters. The lowest BCUT2D eigenvalue weighted by Gasteiger charge is -2.33. The largest absolute Gasteiger partial charge is 0.314 e. The first-order valence-corrected chi connectivity index (χ1v) is 7.63. The number of hydrogen-bond donors (Lipinski definition) is 1. The second kappa shape index (κ2) is 6.51. The molecule has 3 heteroatoms. The number of likely N-dealkylation sites (tertiary alicyclic amines) is 1. The molecule has 2 saturated heterocycles. The Morgan fingerprint density at radius 2 is 1.84 bits per heavy atom. The number of nitrogens with one attached hydrogen (secondary N) is 1. The first kappa shape index (κ1) is 13.1. The lowest BCUT2D eigenvalue weighted by molar-refractivity contribution is 0.155. The van der Waals surface area contributed by atoms with Gasteiger partial charge in [0.25, 0.3) is 0 Å². The molecule has 104 valence electrons. The summed E-state index contributed by atoms with van der Waals surface area (Å²) in [6.45, 7) is 8.40. The maximum atomic E-state index is 3.44. The van der Waals surface area contributed by atoms with E-state index in [0.29, 0.717) is 0 Å². The Hall–Kier alpha value is -0.900. The van der Waals surface area contributed by atoms with Crippen LogP contribution in [0.25, 0.3) is 0 Å². The van der Waals surface area contributed by atoms with Crippen molar-refractivity contribution < 1.29 is 0 Å². The SMILES string of the molecule is c1ccc(CN2CCC[C@H]2CN2CCNCC2)cc1. The second-order valence-corrected chi connectivity index (χ2v) is 5.80. The molecular weight excluding hydrogens is 234 g/mol. The molecule has 2 heterocycles. The number of hydrogen-bond acceptors (Lipinski definition) is 3. The van der Waals surface area contributed by atoms with Crippen molar-refractivity contribution >= 4 is 0 Å². The van der Waals surface area contributed by atoms with Gasteiger partial charge in [-0.05, 0) is 24.9 Å². The van der Waals surface area contributed by atoms with Gasteiger partial charge in [-0.2, -0.15) is 0 Å². The van der Waals surface area contributed by atoms with Crippen LogP contribution >= 0.6 is 0 Å². The molecule has 3 nitrogen and oxygen atoms in total. The summed E-state index contributed by atoms with van der Waals surface area (Å²) in [6, 6.07) is 11.7. The van der Waals surface area contributed by atoms with Crippen molar-refractivity contribution in [1.82, 2.24) is 15.1 Å². The standard InChI is InChI=1S/C16H25N3/c1-2-5-15(6-3-1)13-19-10-4-7-16(19)14-18-11-8-17-9-12-18/h1-3,5-6,16-17H,4,7-14H2/t16-/m0/s1. The minimum atomic E-state index is 0.762. The molecule has 3 rings (SSSR count). The molecule has 0 saturated carbocycles. The normalized spacial score (nSPS) is 25.8. The van der Waals surface area contributed by atoms with Crippen molar-refractivity contribution in [3.8, 4) is 0 Å². The molecule has 1 N–H and O–H groups in total. The van der Waals surface area contributed by atoms with Crippen molar-refractivity contribution in [3.05, 3.63) is 35.9 Å². The zero-order valence-electron chi connectivity index (χ0n) is 11.7. The van der Waals surface area contributed by atoms with E-state index in [1.165, 1.54) is 44.6 Å². The zero-order valence-corrected chi connectivity index (χ0v) is 11.7. The van der Waals surface area contributed by atoms with Crippen LogP contribution in [-0.4, -0.2) is 55.1 Å². The Morgan fingerprint density at radius 1 is 1.05 bits per heavy atom. The predicted molar refractivity (Wildman–Crippen MR) is 79.2 cm³/mol. The van der Waals surface area contributed by atoms with E-state index in [0.717, 1.165) is 25.7 Å². The molecule has 1 aromatic carbocycles. The summed E-state index contributed by atoms with van der Waals surface area (Å²) in [5.41, 5.74) is 1.45. The monoisotopic (exact) mass is 259 g/mol. The quantitative estimate of drug-likeness (QED) is 0.885. The Morgan fingerprint density at radius 3 is 2.63 bits per heavy atom. The summed E-state index contributed by atoms with van der Waals surface area (Å²) in [5.74, 6) is 0. The Balaban J connectivity index is 1.55. The van der Waals surface area contributed by atoms with Crippen LogP contribution in [0.1, 0.15) is 18.4 Å². The molecule has 2 aliphatic heterocycles. The van der Waals surface area contributed by atoms with E-state index in [1.807, 2.05) is 0 Å². The molecule has 0 bridgehead atoms. The average molecular weight is 259 g/mol. The molecule has 19 heavy (non-hydrogen) atoms. The molecule has 1 aromatic rings. The second-order valence-electron chi connectivity index (χ2n) is 5.80. The van der Waals surface area contributed by atoms with Crippen LogP contribution in [0, 0.1) is 0 Å². The summed E-state index contributed by atoms with van der Waals surface area (Å²) in [7, 11) is 0. The van der Waals surface area contributed by atoms with Gasteiger partial charge in [0.15, 0.2) is 0 Å². The van der Waals surface area contributed by atoms with Crippen LogP contribution in [0.5, 0.6) is 0 Å². The highest BCUT2D eigenvalue weighted by atomic mass is 15.3. The van der Waals surface area contributed by atoms with E-state index in [1.54, 1.807) is 0 Å². The van der Waals surface area contributed by atoms with Crippen molar-refractivity contribution in [2.24, 2.45) is 0 Å². The minimum Gasteiger partial charge on any atom is -0.314 e. The molecule has 0 spiro atoms. The maximum absolute atomic E-state index is 3.44. The highest BCUT2D eigenvalue weighted by Crippen LogP contribution is 2.21. The van der Waals surface area contributed by atoms with Crippen molar-refractivity contribution in [3.63, 3.8) is 0 Å². The molecule has 0 radical (unpaired) electrons. The number of nitrogens with zero attached hydrogens (tertiary/aromatic N) is 2. The molecule has 2 aliphatic rings. The number of piperazine rings is 1. The highest BCUT2D eigenvalue weighted by molar-refractivity contribution is 5.14. The van der Waals surface area contributed by atoms with Crippen LogP contribution in [0.3, 0.4) is 0 Å². The van der Waals surface area contributed by atoms with E-state index >= 15 is 0 Å². The van der Waals surface area contributed by atoms with Gasteiger partial charge in [0, 0.05) is 45.3 Å². The first-order chi connectivity index (χ1) is 9.42. The molecule has 1 atom stereocenters. The van der Waals surface area contributed by atoms with Crippen molar-refractivity contribution in [2.75, 3.05) is 39.3 Å². The van der Waals surface area contributed by atoms with Gasteiger partial charge in [-0.25, -0.2) is 0 Å². The summed E-state index contributed by atoms with van der Waals surface area (Å²) in [6.07, 6.45) is 2.74. The van der Waals surface area contributed by atoms with Crippen LogP contribution in [-0.2, 0) is 6.54 Å². The third-order valence-corrected chi connectivity index (χ3v) is 4.41. The topological polar surface area (TPSA) is 18.5 Å². The van der Waals surface area contributed by atoms with E-state index in [2.05, 4.69) is 45.4 Å². The van der Waals surface area contributed by atoms with Gasteiger partial charge in [-0.1, -0.05) is 30.3 Å². The summed E-state index contributed by atoms with van der Waals surface area (Å²) in [4.78, 5) is 5.31. The van der Waals surface area contributed by atoms with Crippen molar-refractivity contribution in [1.29, 1.82) is 0 Å². The molecule has 0 aromatic heterocycles. The van der Waals surface area contributed by atoms with E-state index in [4.69, 9.17) is 0 Å². The summed E-state index contributed by atoms with van der Waals surface area (Å²) in [5, 5.41) is 3.44. The van der Waals surface area contributed by atoms with E-state index < -0.39 is 0 Å². The van der Waals surface area contributed by atoms with Gasteiger partial charge in [0.05, 0.1) is 0 Å². The fourth-order valence-electron chi connectivity index (χ4n) is 3.32. The fraction of sp³-hybridized carbons (Fsp3) is 0.625. The van der Waals surface area contributed by atoms with Gasteiger partial charge in [0.2, 0.25) is 0 Å². The smallest absolute Gasteiger partial charge is 0.0237 e. The third kappa shape index (κ3) is 3.56. The van der Waals surface area contributed by atoms with Crippen LogP contribution in [0.15, 0.2) is 30.3 Å². The van der Waals surface area contributed by atoms with Gasteiger partial charge in [-0.15, -0.1) is 0 Å². The summed E-state index contributed by atoms with van der Waals surface area (Å²) >= 11 is 0. The molecule has 0 aliphatic carbocycles. The van der Waals surface area contributed by atoms with Gasteiger partial charge in [-0.3, -0.25) is 9.80 Å². The van der Waals surface area contributed by atoms with Gasteiger partial charge >= 0.3 is 0 Å². The van der Waals surface area contributed by atoms with Crippen LogP contribution < -0.4 is 5.32 Å². The maximum Gasteiger partial charge on any atom is 0.0237 e.